The maximum Gasteiger partial charge on any atom is 0.328 e. The number of nitrogens with one attached hydrogen (secondary N) is 1. The molecule has 4 rings (SSSR count). The number of pyridine rings is 2. The van der Waals surface area contributed by atoms with Gasteiger partial charge in [0, 0.05) is 23.6 Å². The SMILES string of the molecule is CCOc1nc(C(CS(C)(=O)=O)n2c(=O)[nH]c3c(C)c(-c4cc(F)ccc4OC)cnc32)ccc1OC. The van der Waals surface area contributed by atoms with Crippen molar-refractivity contribution in [3.8, 4) is 28.5 Å². The first kappa shape index (κ1) is 26.1. The molecular formula is C25H27FN4O6S. The van der Waals surface area contributed by atoms with Gasteiger partial charge < -0.3 is 19.2 Å². The molecule has 0 radical (unpaired) electrons. The molecule has 0 bridgehead atoms. The molecule has 0 saturated heterocycles. The van der Waals surface area contributed by atoms with Crippen LogP contribution in [-0.4, -0.2) is 60.8 Å². The summed E-state index contributed by atoms with van der Waals surface area (Å²) in [5.41, 5.74) is 1.95. The van der Waals surface area contributed by atoms with Crippen molar-refractivity contribution >= 4 is 21.0 Å². The van der Waals surface area contributed by atoms with Crippen LogP contribution in [0.3, 0.4) is 0 Å². The normalized spacial score (nSPS) is 12.5. The van der Waals surface area contributed by atoms with Crippen LogP contribution in [0, 0.1) is 12.7 Å². The van der Waals surface area contributed by atoms with E-state index < -0.39 is 33.1 Å². The standard InChI is InChI=1S/C25H27FN4O6S/c1-6-36-24-21(35-4)10-8-18(28-24)19(13-37(5,32)33)30-23-22(29-25(30)31)14(2)17(12-27-23)16-11-15(26)7-9-20(16)34-3/h7-12,19H,6,13H2,1-5H3,(H,29,31). The van der Waals surface area contributed by atoms with E-state index in [2.05, 4.69) is 15.0 Å². The molecule has 0 saturated carbocycles. The van der Waals surface area contributed by atoms with Gasteiger partial charge in [0.05, 0.1) is 43.8 Å². The number of fused-ring (bicyclic) bond motifs is 1. The average molecular weight is 531 g/mol. The second-order valence-corrected chi connectivity index (χ2v) is 10.6. The van der Waals surface area contributed by atoms with Crippen LogP contribution in [0.2, 0.25) is 0 Å². The Kier molecular flexibility index (Phi) is 7.21. The predicted molar refractivity (Wildman–Crippen MR) is 137 cm³/mol. The topological polar surface area (TPSA) is 125 Å². The van der Waals surface area contributed by atoms with Crippen LogP contribution in [0.5, 0.6) is 17.4 Å². The minimum atomic E-state index is -3.57. The number of aromatic amines is 1. The number of hydrogen-bond acceptors (Lipinski definition) is 8. The largest absolute Gasteiger partial charge is 0.496 e. The molecule has 3 aromatic heterocycles. The Labute approximate surface area is 213 Å². The molecular weight excluding hydrogens is 503 g/mol. The fourth-order valence-electron chi connectivity index (χ4n) is 4.24. The van der Waals surface area contributed by atoms with Crippen LogP contribution in [0.15, 0.2) is 41.3 Å². The van der Waals surface area contributed by atoms with E-state index in [1.165, 1.54) is 43.2 Å². The monoisotopic (exact) mass is 530 g/mol. The van der Waals surface area contributed by atoms with Gasteiger partial charge in [0.2, 0.25) is 0 Å². The second kappa shape index (κ2) is 10.2. The van der Waals surface area contributed by atoms with Gasteiger partial charge in [-0.1, -0.05) is 0 Å². The maximum atomic E-state index is 14.1. The number of sulfone groups is 1. The van der Waals surface area contributed by atoms with E-state index in [0.717, 1.165) is 6.26 Å². The van der Waals surface area contributed by atoms with Gasteiger partial charge >= 0.3 is 5.69 Å². The number of hydrogen-bond donors (Lipinski definition) is 1. The molecule has 1 N–H and O–H groups in total. The quantitative estimate of drug-likeness (QED) is 0.350. The van der Waals surface area contributed by atoms with E-state index in [0.29, 0.717) is 40.3 Å². The van der Waals surface area contributed by atoms with Gasteiger partial charge in [-0.25, -0.2) is 27.6 Å². The highest BCUT2D eigenvalue weighted by Gasteiger charge is 2.28. The summed E-state index contributed by atoms with van der Waals surface area (Å²) in [4.78, 5) is 25.0. The third-order valence-corrected chi connectivity index (χ3v) is 6.83. The number of halogens is 1. The molecule has 0 aliphatic rings. The van der Waals surface area contributed by atoms with Gasteiger partial charge in [0.1, 0.15) is 21.4 Å². The van der Waals surface area contributed by atoms with Crippen molar-refractivity contribution in [1.29, 1.82) is 0 Å². The molecule has 196 valence electrons. The zero-order valence-electron chi connectivity index (χ0n) is 21.0. The lowest BCUT2D eigenvalue weighted by Crippen LogP contribution is -2.29. The third kappa shape index (κ3) is 5.15. The lowest BCUT2D eigenvalue weighted by Gasteiger charge is -2.19. The molecule has 12 heteroatoms. The number of benzene rings is 1. The predicted octanol–water partition coefficient (Wildman–Crippen LogP) is 3.28. The molecule has 0 amide bonds. The smallest absolute Gasteiger partial charge is 0.328 e. The average Bonchev–Trinajstić information content (AvgIpc) is 3.19. The van der Waals surface area contributed by atoms with Gasteiger partial charge in [-0.05, 0) is 49.7 Å². The minimum Gasteiger partial charge on any atom is -0.496 e. The minimum absolute atomic E-state index is 0.179. The van der Waals surface area contributed by atoms with Crippen molar-refractivity contribution in [3.05, 3.63) is 64.1 Å². The number of methoxy groups -OCH3 is 2. The number of H-pyrrole nitrogens is 1. The Bertz CT molecular complexity index is 1630. The summed E-state index contributed by atoms with van der Waals surface area (Å²) in [5.74, 6) is 0.125. The highest BCUT2D eigenvalue weighted by atomic mass is 32.2. The first-order valence-electron chi connectivity index (χ1n) is 11.4. The number of aryl methyl sites for hydroxylation is 1. The summed E-state index contributed by atoms with van der Waals surface area (Å²) < 4.78 is 56.4. The molecule has 0 spiro atoms. The van der Waals surface area contributed by atoms with Crippen LogP contribution in [0.25, 0.3) is 22.3 Å². The fraction of sp³-hybridized carbons (Fsp3) is 0.320. The summed E-state index contributed by atoms with van der Waals surface area (Å²) in [5, 5.41) is 0. The van der Waals surface area contributed by atoms with E-state index in [-0.39, 0.29) is 17.2 Å². The molecule has 0 fully saturated rings. The molecule has 1 aromatic carbocycles. The summed E-state index contributed by atoms with van der Waals surface area (Å²) in [6.07, 6.45) is 2.59. The lowest BCUT2D eigenvalue weighted by molar-refractivity contribution is 0.296. The Morgan fingerprint density at radius 1 is 1.11 bits per heavy atom. The molecule has 3 heterocycles. The Balaban J connectivity index is 1.94. The van der Waals surface area contributed by atoms with E-state index in [1.807, 2.05) is 0 Å². The maximum absolute atomic E-state index is 14.1. The number of aromatic nitrogens is 4. The van der Waals surface area contributed by atoms with Crippen LogP contribution >= 0.6 is 0 Å². The molecule has 1 unspecified atom stereocenters. The Morgan fingerprint density at radius 3 is 2.46 bits per heavy atom. The number of ether oxygens (including phenoxy) is 3. The Hall–Kier alpha value is -3.93. The highest BCUT2D eigenvalue weighted by Crippen LogP contribution is 2.35. The molecule has 4 aromatic rings. The van der Waals surface area contributed by atoms with E-state index in [4.69, 9.17) is 14.2 Å². The molecule has 10 nitrogen and oxygen atoms in total. The fourth-order valence-corrected chi connectivity index (χ4v) is 5.13. The zero-order valence-corrected chi connectivity index (χ0v) is 21.8. The van der Waals surface area contributed by atoms with Crippen LogP contribution in [0.1, 0.15) is 24.2 Å². The zero-order chi connectivity index (χ0) is 26.9. The first-order chi connectivity index (χ1) is 17.6. The van der Waals surface area contributed by atoms with Gasteiger partial charge in [-0.3, -0.25) is 4.57 Å². The van der Waals surface area contributed by atoms with Crippen molar-refractivity contribution in [2.75, 3.05) is 32.8 Å². The molecule has 0 aliphatic heterocycles. The molecule has 0 aliphatic carbocycles. The lowest BCUT2D eigenvalue weighted by atomic mass is 10.0. The van der Waals surface area contributed by atoms with Gasteiger partial charge in [-0.15, -0.1) is 0 Å². The van der Waals surface area contributed by atoms with Gasteiger partial charge in [-0.2, -0.15) is 0 Å². The summed E-state index contributed by atoms with van der Waals surface area (Å²) in [6, 6.07) is 6.30. The molecule has 1 atom stereocenters. The summed E-state index contributed by atoms with van der Waals surface area (Å²) in [7, 11) is -0.626. The van der Waals surface area contributed by atoms with Crippen LogP contribution < -0.4 is 19.9 Å². The highest BCUT2D eigenvalue weighted by molar-refractivity contribution is 7.90. The van der Waals surface area contributed by atoms with Crippen LogP contribution in [0.4, 0.5) is 4.39 Å². The van der Waals surface area contributed by atoms with Crippen molar-refractivity contribution in [1.82, 2.24) is 19.5 Å². The van der Waals surface area contributed by atoms with Crippen LogP contribution in [-0.2, 0) is 9.84 Å². The van der Waals surface area contributed by atoms with Crippen molar-refractivity contribution < 1.29 is 27.0 Å². The summed E-state index contributed by atoms with van der Waals surface area (Å²) >= 11 is 0. The number of imidazole rings is 1. The van der Waals surface area contributed by atoms with Gasteiger partial charge in [0.15, 0.2) is 11.4 Å². The number of rotatable bonds is 9. The van der Waals surface area contributed by atoms with E-state index in [1.54, 1.807) is 26.0 Å². The molecule has 37 heavy (non-hydrogen) atoms. The van der Waals surface area contributed by atoms with Gasteiger partial charge in [0.25, 0.3) is 5.88 Å². The van der Waals surface area contributed by atoms with E-state index >= 15 is 0 Å². The Morgan fingerprint density at radius 2 is 1.81 bits per heavy atom. The third-order valence-electron chi connectivity index (χ3n) is 5.91. The first-order valence-corrected chi connectivity index (χ1v) is 13.4. The van der Waals surface area contributed by atoms with E-state index in [9.17, 15) is 17.6 Å². The summed E-state index contributed by atoms with van der Waals surface area (Å²) in [6.45, 7) is 3.85. The number of nitrogens with zero attached hydrogens (tertiary/aromatic N) is 3. The van der Waals surface area contributed by atoms with Crippen molar-refractivity contribution in [2.24, 2.45) is 0 Å². The van der Waals surface area contributed by atoms with Crippen molar-refractivity contribution in [2.45, 2.75) is 19.9 Å². The van der Waals surface area contributed by atoms with Crippen molar-refractivity contribution in [3.63, 3.8) is 0 Å². The second-order valence-electron chi connectivity index (χ2n) is 8.43.